The van der Waals surface area contributed by atoms with E-state index in [1.165, 1.54) is 23.7 Å². The smallest absolute Gasteiger partial charge is 0.123 e. The first-order valence-corrected chi connectivity index (χ1v) is 6.40. The topological polar surface area (TPSA) is 40.7 Å². The van der Waals surface area contributed by atoms with Gasteiger partial charge < -0.3 is 5.32 Å². The van der Waals surface area contributed by atoms with Crippen LogP contribution in [0.15, 0.2) is 24.3 Å². The average molecular weight is 243 g/mol. The normalized spacial score (nSPS) is 25.2. The molecule has 2 unspecified atom stereocenters. The molecule has 4 rings (SSSR count). The molecule has 0 spiro atoms. The summed E-state index contributed by atoms with van der Waals surface area (Å²) in [6.07, 6.45) is 3.38. The molecule has 2 aromatic rings. The third kappa shape index (κ3) is 1.42. The van der Waals surface area contributed by atoms with Gasteiger partial charge in [-0.1, -0.05) is 12.1 Å². The maximum atomic E-state index is 13.3. The molecule has 3 heterocycles. The number of fused-ring (bicyclic) bond motifs is 4. The zero-order valence-corrected chi connectivity index (χ0v) is 9.91. The van der Waals surface area contributed by atoms with Crippen LogP contribution in [-0.4, -0.2) is 16.2 Å². The lowest BCUT2D eigenvalue weighted by atomic mass is 9.96. The first-order chi connectivity index (χ1) is 8.81. The fourth-order valence-corrected chi connectivity index (χ4v) is 3.23. The number of benzene rings is 1. The van der Waals surface area contributed by atoms with Crippen molar-refractivity contribution in [3.63, 3.8) is 0 Å². The Bertz CT molecular complexity index is 605. The van der Waals surface area contributed by atoms with E-state index in [-0.39, 0.29) is 5.82 Å². The van der Waals surface area contributed by atoms with E-state index in [1.807, 2.05) is 6.07 Å². The highest BCUT2D eigenvalue weighted by atomic mass is 19.1. The zero-order valence-electron chi connectivity index (χ0n) is 9.91. The second-order valence-electron chi connectivity index (χ2n) is 5.17. The van der Waals surface area contributed by atoms with E-state index in [1.54, 1.807) is 12.1 Å². The van der Waals surface area contributed by atoms with Gasteiger partial charge in [0.2, 0.25) is 0 Å². The lowest BCUT2D eigenvalue weighted by Crippen LogP contribution is -2.31. The van der Waals surface area contributed by atoms with Gasteiger partial charge in [0.25, 0.3) is 0 Å². The van der Waals surface area contributed by atoms with Crippen molar-refractivity contribution in [3.8, 4) is 11.3 Å². The number of H-pyrrole nitrogens is 1. The molecule has 1 fully saturated rings. The molecule has 2 atom stereocenters. The first-order valence-electron chi connectivity index (χ1n) is 6.40. The Labute approximate surface area is 104 Å². The SMILES string of the molecule is Fc1cccc(-c2n[nH]c3c2C2CCC(C3)N2)c1. The molecule has 0 amide bonds. The van der Waals surface area contributed by atoms with Gasteiger partial charge >= 0.3 is 0 Å². The maximum absolute atomic E-state index is 13.3. The Morgan fingerprint density at radius 2 is 2.22 bits per heavy atom. The Balaban J connectivity index is 1.86. The van der Waals surface area contributed by atoms with Crippen molar-refractivity contribution in [2.24, 2.45) is 0 Å². The summed E-state index contributed by atoms with van der Waals surface area (Å²) in [5, 5.41) is 11.1. The quantitative estimate of drug-likeness (QED) is 0.808. The van der Waals surface area contributed by atoms with E-state index in [0.717, 1.165) is 24.1 Å². The van der Waals surface area contributed by atoms with Gasteiger partial charge in [0, 0.05) is 35.3 Å². The molecular weight excluding hydrogens is 229 g/mol. The number of aromatic amines is 1. The monoisotopic (exact) mass is 243 g/mol. The summed E-state index contributed by atoms with van der Waals surface area (Å²) in [5.41, 5.74) is 4.23. The zero-order chi connectivity index (χ0) is 12.1. The molecule has 0 aliphatic carbocycles. The van der Waals surface area contributed by atoms with Gasteiger partial charge in [0.05, 0.1) is 5.69 Å². The second-order valence-corrected chi connectivity index (χ2v) is 5.17. The van der Waals surface area contributed by atoms with Gasteiger partial charge in [-0.2, -0.15) is 5.10 Å². The van der Waals surface area contributed by atoms with Crippen molar-refractivity contribution >= 4 is 0 Å². The van der Waals surface area contributed by atoms with Crippen LogP contribution in [0.1, 0.15) is 30.1 Å². The first kappa shape index (κ1) is 10.3. The second kappa shape index (κ2) is 3.65. The highest BCUT2D eigenvalue weighted by Gasteiger charge is 2.35. The predicted molar refractivity (Wildman–Crippen MR) is 66.6 cm³/mol. The van der Waals surface area contributed by atoms with Crippen LogP contribution in [0.25, 0.3) is 11.3 Å². The van der Waals surface area contributed by atoms with Crippen LogP contribution in [0.4, 0.5) is 4.39 Å². The van der Waals surface area contributed by atoms with Gasteiger partial charge in [-0.15, -0.1) is 0 Å². The van der Waals surface area contributed by atoms with Crippen LogP contribution in [0.5, 0.6) is 0 Å². The number of hydrogen-bond acceptors (Lipinski definition) is 2. The van der Waals surface area contributed by atoms with Gasteiger partial charge in [-0.05, 0) is 25.0 Å². The van der Waals surface area contributed by atoms with E-state index in [0.29, 0.717) is 12.1 Å². The summed E-state index contributed by atoms with van der Waals surface area (Å²) >= 11 is 0. The predicted octanol–water partition coefficient (Wildman–Crippen LogP) is 2.57. The van der Waals surface area contributed by atoms with Crippen molar-refractivity contribution < 1.29 is 4.39 Å². The van der Waals surface area contributed by atoms with E-state index < -0.39 is 0 Å². The van der Waals surface area contributed by atoms with Crippen LogP contribution in [0.2, 0.25) is 0 Å². The standard InChI is InChI=1S/C14H14FN3/c15-9-3-1-2-8(6-9)14-13-11-5-4-10(16-11)7-12(13)17-18-14/h1-3,6,10-11,16H,4-5,7H2,(H,17,18). The summed E-state index contributed by atoms with van der Waals surface area (Å²) < 4.78 is 13.3. The minimum Gasteiger partial charge on any atom is -0.307 e. The van der Waals surface area contributed by atoms with E-state index in [9.17, 15) is 4.39 Å². The summed E-state index contributed by atoms with van der Waals surface area (Å²) in [4.78, 5) is 0. The van der Waals surface area contributed by atoms with E-state index in [2.05, 4.69) is 15.5 Å². The highest BCUT2D eigenvalue weighted by Crippen LogP contribution is 2.40. The third-order valence-corrected chi connectivity index (χ3v) is 4.02. The lowest BCUT2D eigenvalue weighted by molar-refractivity contribution is 0.511. The summed E-state index contributed by atoms with van der Waals surface area (Å²) in [5.74, 6) is -0.211. The van der Waals surface area contributed by atoms with Gasteiger partial charge in [-0.25, -0.2) is 4.39 Å². The molecule has 18 heavy (non-hydrogen) atoms. The van der Waals surface area contributed by atoms with Crippen LogP contribution in [0, 0.1) is 5.82 Å². The molecule has 0 saturated carbocycles. The molecule has 1 saturated heterocycles. The van der Waals surface area contributed by atoms with Crippen LogP contribution >= 0.6 is 0 Å². The Morgan fingerprint density at radius 1 is 1.28 bits per heavy atom. The van der Waals surface area contributed by atoms with Crippen molar-refractivity contribution in [1.29, 1.82) is 0 Å². The van der Waals surface area contributed by atoms with E-state index >= 15 is 0 Å². The molecule has 2 bridgehead atoms. The number of nitrogens with zero attached hydrogens (tertiary/aromatic N) is 1. The highest BCUT2D eigenvalue weighted by molar-refractivity contribution is 5.65. The fourth-order valence-electron chi connectivity index (χ4n) is 3.23. The number of rotatable bonds is 1. The Kier molecular flexibility index (Phi) is 2.08. The summed E-state index contributed by atoms with van der Waals surface area (Å²) in [6, 6.07) is 7.64. The van der Waals surface area contributed by atoms with Crippen molar-refractivity contribution in [1.82, 2.24) is 15.5 Å². The molecule has 4 heteroatoms. The van der Waals surface area contributed by atoms with Crippen LogP contribution in [-0.2, 0) is 6.42 Å². The minimum atomic E-state index is -0.211. The number of hydrogen-bond donors (Lipinski definition) is 2. The van der Waals surface area contributed by atoms with Crippen LogP contribution < -0.4 is 5.32 Å². The molecule has 92 valence electrons. The summed E-state index contributed by atoms with van der Waals surface area (Å²) in [6.45, 7) is 0. The van der Waals surface area contributed by atoms with Crippen molar-refractivity contribution in [3.05, 3.63) is 41.3 Å². The van der Waals surface area contributed by atoms with Gasteiger partial charge in [0.15, 0.2) is 0 Å². The summed E-state index contributed by atoms with van der Waals surface area (Å²) in [7, 11) is 0. The molecule has 2 N–H and O–H groups in total. The number of halogens is 1. The number of aromatic nitrogens is 2. The van der Waals surface area contributed by atoms with Crippen LogP contribution in [0.3, 0.4) is 0 Å². The van der Waals surface area contributed by atoms with Gasteiger partial charge in [0.1, 0.15) is 5.82 Å². The molecule has 3 nitrogen and oxygen atoms in total. The lowest BCUT2D eigenvalue weighted by Gasteiger charge is -2.21. The Morgan fingerprint density at radius 3 is 3.11 bits per heavy atom. The third-order valence-electron chi connectivity index (χ3n) is 4.02. The fraction of sp³-hybridized carbons (Fsp3) is 0.357. The maximum Gasteiger partial charge on any atom is 0.123 e. The minimum absolute atomic E-state index is 0.211. The van der Waals surface area contributed by atoms with Gasteiger partial charge in [-0.3, -0.25) is 5.10 Å². The number of nitrogens with one attached hydrogen (secondary N) is 2. The molecule has 1 aromatic heterocycles. The van der Waals surface area contributed by atoms with Crippen molar-refractivity contribution in [2.75, 3.05) is 0 Å². The van der Waals surface area contributed by atoms with E-state index in [4.69, 9.17) is 0 Å². The average Bonchev–Trinajstić information content (AvgIpc) is 2.95. The van der Waals surface area contributed by atoms with Crippen molar-refractivity contribution in [2.45, 2.75) is 31.3 Å². The molecule has 2 aliphatic rings. The molecule has 1 aromatic carbocycles. The Hall–Kier alpha value is -1.68. The molecular formula is C14H14FN3. The molecule has 0 radical (unpaired) electrons. The molecule has 2 aliphatic heterocycles. The largest absolute Gasteiger partial charge is 0.307 e.